The van der Waals surface area contributed by atoms with Crippen LogP contribution in [-0.2, 0) is 10.0 Å². The zero-order chi connectivity index (χ0) is 13.1. The third kappa shape index (κ3) is 4.08. The first-order chi connectivity index (χ1) is 7.84. The Morgan fingerprint density at radius 3 is 2.59 bits per heavy atom. The van der Waals surface area contributed by atoms with E-state index in [0.717, 1.165) is 5.56 Å². The van der Waals surface area contributed by atoms with Crippen molar-refractivity contribution >= 4 is 15.7 Å². The van der Waals surface area contributed by atoms with E-state index in [4.69, 9.17) is 5.26 Å². The van der Waals surface area contributed by atoms with E-state index in [9.17, 15) is 8.42 Å². The molecule has 0 aliphatic carbocycles. The maximum absolute atomic E-state index is 11.8. The standard InChI is InChI=1S/C12H16N2O2S/c1-9(2)8-17(15,16)14-12-6-11(7-13)5-4-10(12)3/h4-6,9,14H,8H2,1-3H3. The minimum atomic E-state index is -3.34. The molecule has 1 rings (SSSR count). The number of aryl methyl sites for hydroxylation is 1. The van der Waals surface area contributed by atoms with Crippen molar-refractivity contribution in [1.29, 1.82) is 5.26 Å². The van der Waals surface area contributed by atoms with Gasteiger partial charge in [0.2, 0.25) is 10.0 Å². The molecule has 4 nitrogen and oxygen atoms in total. The molecule has 0 amide bonds. The second-order valence-corrected chi connectivity index (χ2v) is 6.19. The summed E-state index contributed by atoms with van der Waals surface area (Å²) in [5.41, 5.74) is 1.72. The van der Waals surface area contributed by atoms with Gasteiger partial charge in [-0.2, -0.15) is 5.26 Å². The molecule has 1 N–H and O–H groups in total. The van der Waals surface area contributed by atoms with Gasteiger partial charge in [-0.15, -0.1) is 0 Å². The molecule has 0 fully saturated rings. The van der Waals surface area contributed by atoms with Crippen molar-refractivity contribution < 1.29 is 8.42 Å². The Labute approximate surface area is 102 Å². The number of hydrogen-bond donors (Lipinski definition) is 1. The molecule has 0 saturated carbocycles. The van der Waals surface area contributed by atoms with Crippen LogP contribution in [0.1, 0.15) is 25.0 Å². The fourth-order valence-electron chi connectivity index (χ4n) is 1.45. The number of anilines is 1. The lowest BCUT2D eigenvalue weighted by atomic mass is 10.1. The van der Waals surface area contributed by atoms with E-state index in [1.54, 1.807) is 25.1 Å². The Kier molecular flexibility index (Phi) is 4.13. The van der Waals surface area contributed by atoms with Gasteiger partial charge in [0.25, 0.3) is 0 Å². The van der Waals surface area contributed by atoms with Gasteiger partial charge in [-0.1, -0.05) is 19.9 Å². The van der Waals surface area contributed by atoms with Crippen LogP contribution in [0.4, 0.5) is 5.69 Å². The Hall–Kier alpha value is -1.54. The lowest BCUT2D eigenvalue weighted by Crippen LogP contribution is -2.20. The largest absolute Gasteiger partial charge is 0.283 e. The van der Waals surface area contributed by atoms with Crippen LogP contribution in [-0.4, -0.2) is 14.2 Å². The highest BCUT2D eigenvalue weighted by Crippen LogP contribution is 2.18. The van der Waals surface area contributed by atoms with Crippen molar-refractivity contribution in [1.82, 2.24) is 0 Å². The molecule has 17 heavy (non-hydrogen) atoms. The van der Waals surface area contributed by atoms with Gasteiger partial charge in [-0.25, -0.2) is 8.42 Å². The van der Waals surface area contributed by atoms with Crippen molar-refractivity contribution in [2.45, 2.75) is 20.8 Å². The minimum absolute atomic E-state index is 0.0620. The van der Waals surface area contributed by atoms with Gasteiger partial charge in [-0.3, -0.25) is 4.72 Å². The van der Waals surface area contributed by atoms with E-state index >= 15 is 0 Å². The van der Waals surface area contributed by atoms with Crippen molar-refractivity contribution in [3.63, 3.8) is 0 Å². The van der Waals surface area contributed by atoms with Gasteiger partial charge in [0, 0.05) is 0 Å². The first kappa shape index (κ1) is 13.5. The first-order valence-electron chi connectivity index (χ1n) is 5.35. The summed E-state index contributed by atoms with van der Waals surface area (Å²) >= 11 is 0. The first-order valence-corrected chi connectivity index (χ1v) is 7.00. The van der Waals surface area contributed by atoms with E-state index in [2.05, 4.69) is 4.72 Å². The summed E-state index contributed by atoms with van der Waals surface area (Å²) in [7, 11) is -3.34. The number of benzene rings is 1. The fourth-order valence-corrected chi connectivity index (χ4v) is 2.97. The van der Waals surface area contributed by atoms with Gasteiger partial charge in [-0.05, 0) is 30.5 Å². The van der Waals surface area contributed by atoms with Crippen LogP contribution in [0.3, 0.4) is 0 Å². The third-order valence-corrected chi connectivity index (χ3v) is 3.82. The highest BCUT2D eigenvalue weighted by atomic mass is 32.2. The molecule has 5 heteroatoms. The summed E-state index contributed by atoms with van der Waals surface area (Å²) in [4.78, 5) is 0. The quantitative estimate of drug-likeness (QED) is 0.893. The number of hydrogen-bond acceptors (Lipinski definition) is 3. The zero-order valence-corrected chi connectivity index (χ0v) is 11.0. The predicted molar refractivity (Wildman–Crippen MR) is 68.1 cm³/mol. The van der Waals surface area contributed by atoms with E-state index in [1.807, 2.05) is 19.9 Å². The monoisotopic (exact) mass is 252 g/mol. The van der Waals surface area contributed by atoms with Crippen molar-refractivity contribution in [2.24, 2.45) is 5.92 Å². The van der Waals surface area contributed by atoms with Crippen LogP contribution in [0, 0.1) is 24.2 Å². The second-order valence-electron chi connectivity index (χ2n) is 4.42. The molecule has 0 aliphatic rings. The smallest absolute Gasteiger partial charge is 0.232 e. The number of sulfonamides is 1. The normalized spacial score (nSPS) is 11.2. The van der Waals surface area contributed by atoms with Crippen LogP contribution in [0.5, 0.6) is 0 Å². The SMILES string of the molecule is Cc1ccc(C#N)cc1NS(=O)(=O)CC(C)C. The number of nitriles is 1. The average molecular weight is 252 g/mol. The van der Waals surface area contributed by atoms with E-state index in [1.165, 1.54) is 0 Å². The molecule has 92 valence electrons. The molecule has 0 aromatic heterocycles. The third-order valence-electron chi connectivity index (χ3n) is 2.18. The summed E-state index contributed by atoms with van der Waals surface area (Å²) in [6, 6.07) is 6.93. The van der Waals surface area contributed by atoms with E-state index in [-0.39, 0.29) is 11.7 Å². The Balaban J connectivity index is 2.99. The molecule has 0 unspecified atom stereocenters. The van der Waals surface area contributed by atoms with E-state index in [0.29, 0.717) is 11.3 Å². The maximum atomic E-state index is 11.8. The average Bonchev–Trinajstić information content (AvgIpc) is 2.19. The zero-order valence-electron chi connectivity index (χ0n) is 10.2. The fraction of sp³-hybridized carbons (Fsp3) is 0.417. The molecule has 0 bridgehead atoms. The number of nitrogens with zero attached hydrogens (tertiary/aromatic N) is 1. The Morgan fingerprint density at radius 1 is 1.41 bits per heavy atom. The van der Waals surface area contributed by atoms with Crippen LogP contribution < -0.4 is 4.72 Å². The van der Waals surface area contributed by atoms with Crippen molar-refractivity contribution in [3.05, 3.63) is 29.3 Å². The van der Waals surface area contributed by atoms with Crippen LogP contribution in [0.25, 0.3) is 0 Å². The van der Waals surface area contributed by atoms with Crippen LogP contribution >= 0.6 is 0 Å². The van der Waals surface area contributed by atoms with E-state index < -0.39 is 10.0 Å². The molecular weight excluding hydrogens is 236 g/mol. The molecule has 0 radical (unpaired) electrons. The molecule has 0 spiro atoms. The molecule has 0 aliphatic heterocycles. The summed E-state index contributed by atoms with van der Waals surface area (Å²) in [6.07, 6.45) is 0. The lowest BCUT2D eigenvalue weighted by molar-refractivity contribution is 0.587. The highest BCUT2D eigenvalue weighted by molar-refractivity contribution is 7.92. The second kappa shape index (κ2) is 5.19. The summed E-state index contributed by atoms with van der Waals surface area (Å²) in [5, 5.41) is 8.77. The molecule has 1 aromatic carbocycles. The van der Waals surface area contributed by atoms with Gasteiger partial charge in [0.05, 0.1) is 23.1 Å². The molecule has 0 heterocycles. The molecular formula is C12H16N2O2S. The molecule has 1 aromatic rings. The number of nitrogens with one attached hydrogen (secondary N) is 1. The molecule has 0 atom stereocenters. The van der Waals surface area contributed by atoms with Gasteiger partial charge < -0.3 is 0 Å². The van der Waals surface area contributed by atoms with Gasteiger partial charge in [0.15, 0.2) is 0 Å². The van der Waals surface area contributed by atoms with Crippen molar-refractivity contribution in [3.8, 4) is 6.07 Å². The van der Waals surface area contributed by atoms with Crippen LogP contribution in [0.2, 0.25) is 0 Å². The molecule has 0 saturated heterocycles. The summed E-state index contributed by atoms with van der Waals surface area (Å²) in [5.74, 6) is 0.135. The maximum Gasteiger partial charge on any atom is 0.232 e. The topological polar surface area (TPSA) is 70.0 Å². The summed E-state index contributed by atoms with van der Waals surface area (Å²) < 4.78 is 26.1. The minimum Gasteiger partial charge on any atom is -0.283 e. The van der Waals surface area contributed by atoms with Gasteiger partial charge in [0.1, 0.15) is 0 Å². The van der Waals surface area contributed by atoms with Gasteiger partial charge >= 0.3 is 0 Å². The predicted octanol–water partition coefficient (Wildman–Crippen LogP) is 2.26. The lowest BCUT2D eigenvalue weighted by Gasteiger charge is -2.12. The Bertz CT molecular complexity index is 542. The Morgan fingerprint density at radius 2 is 2.06 bits per heavy atom. The summed E-state index contributed by atoms with van der Waals surface area (Å²) in [6.45, 7) is 5.49. The van der Waals surface area contributed by atoms with Crippen molar-refractivity contribution in [2.75, 3.05) is 10.5 Å². The number of rotatable bonds is 4. The highest BCUT2D eigenvalue weighted by Gasteiger charge is 2.14. The van der Waals surface area contributed by atoms with Crippen LogP contribution in [0.15, 0.2) is 18.2 Å².